The molecule has 0 aromatic carbocycles. The third-order valence-electron chi connectivity index (χ3n) is 1.63. The average molecular weight is 240 g/mol. The molecule has 0 bridgehead atoms. The van der Waals surface area contributed by atoms with Gasteiger partial charge in [-0.1, -0.05) is 0 Å². The van der Waals surface area contributed by atoms with Crippen LogP contribution >= 0.6 is 15.9 Å². The van der Waals surface area contributed by atoms with Gasteiger partial charge in [-0.05, 0) is 28.1 Å². The average Bonchev–Trinajstić information content (AvgIpc) is 2.53. The van der Waals surface area contributed by atoms with Crippen LogP contribution in [0.3, 0.4) is 0 Å². The number of rotatable bonds is 1. The van der Waals surface area contributed by atoms with E-state index in [1.807, 2.05) is 6.07 Å². The van der Waals surface area contributed by atoms with E-state index in [1.165, 1.54) is 5.01 Å². The maximum Gasteiger partial charge on any atom is 0.254 e. The van der Waals surface area contributed by atoms with Crippen molar-refractivity contribution in [1.29, 1.82) is 0 Å². The highest BCUT2D eigenvalue weighted by molar-refractivity contribution is 9.10. The van der Waals surface area contributed by atoms with Gasteiger partial charge in [0.1, 0.15) is 0 Å². The largest absolute Gasteiger partial charge is 0.272 e. The molecule has 1 aromatic rings. The summed E-state index contributed by atoms with van der Waals surface area (Å²) in [5.74, 6) is 0.511. The molecule has 0 N–H and O–H groups in total. The molecule has 0 atom stereocenters. The molecule has 0 radical (unpaired) electrons. The molecular formula is C8H6BrN3O. The van der Waals surface area contributed by atoms with Gasteiger partial charge < -0.3 is 0 Å². The number of hydrogen-bond acceptors (Lipinski definition) is 3. The number of amides is 1. The normalized spacial score (nSPS) is 15.5. The Morgan fingerprint density at radius 3 is 2.85 bits per heavy atom. The van der Waals surface area contributed by atoms with Crippen LogP contribution in [0.5, 0.6) is 0 Å². The van der Waals surface area contributed by atoms with Gasteiger partial charge in [0.05, 0.1) is 6.42 Å². The minimum absolute atomic E-state index is 0.0465. The number of halogens is 1. The number of aromatic nitrogens is 1. The van der Waals surface area contributed by atoms with Gasteiger partial charge >= 0.3 is 0 Å². The van der Waals surface area contributed by atoms with Gasteiger partial charge in [-0.3, -0.25) is 4.79 Å². The second-order valence-corrected chi connectivity index (χ2v) is 3.46. The summed E-state index contributed by atoms with van der Waals surface area (Å²) in [7, 11) is 0. The molecule has 1 aromatic heterocycles. The molecule has 0 aliphatic carbocycles. The van der Waals surface area contributed by atoms with Crippen LogP contribution in [-0.2, 0) is 4.79 Å². The number of nitrogens with zero attached hydrogens (tertiary/aromatic N) is 3. The molecule has 13 heavy (non-hydrogen) atoms. The van der Waals surface area contributed by atoms with Gasteiger partial charge in [-0.15, -0.1) is 0 Å². The summed E-state index contributed by atoms with van der Waals surface area (Å²) in [5.41, 5.74) is 0. The fourth-order valence-corrected chi connectivity index (χ4v) is 1.27. The molecule has 2 rings (SSSR count). The number of anilines is 1. The van der Waals surface area contributed by atoms with E-state index in [9.17, 15) is 4.79 Å². The Labute approximate surface area is 83.4 Å². The Morgan fingerprint density at radius 1 is 1.46 bits per heavy atom. The van der Waals surface area contributed by atoms with Crippen LogP contribution in [0.2, 0.25) is 0 Å². The molecule has 1 amide bonds. The van der Waals surface area contributed by atoms with E-state index in [4.69, 9.17) is 0 Å². The first kappa shape index (κ1) is 8.37. The van der Waals surface area contributed by atoms with E-state index in [1.54, 1.807) is 18.5 Å². The van der Waals surface area contributed by atoms with Crippen LogP contribution in [0.1, 0.15) is 6.42 Å². The molecule has 1 aliphatic heterocycles. The van der Waals surface area contributed by atoms with Crippen molar-refractivity contribution in [3.8, 4) is 0 Å². The first-order valence-electron chi connectivity index (χ1n) is 3.74. The predicted molar refractivity (Wildman–Crippen MR) is 52.5 cm³/mol. The predicted octanol–water partition coefficient (Wildman–Crippen LogP) is 1.57. The van der Waals surface area contributed by atoms with Crippen molar-refractivity contribution in [2.45, 2.75) is 6.42 Å². The Hall–Kier alpha value is -1.23. The minimum atomic E-state index is -0.0465. The SMILES string of the molecule is O=C1CC=NN1c1ccc(Br)cn1. The first-order valence-corrected chi connectivity index (χ1v) is 4.53. The van der Waals surface area contributed by atoms with Crippen molar-refractivity contribution in [2.75, 3.05) is 5.01 Å². The van der Waals surface area contributed by atoms with E-state index in [0.717, 1.165) is 4.47 Å². The zero-order valence-electron chi connectivity index (χ0n) is 6.64. The Kier molecular flexibility index (Phi) is 2.10. The molecule has 0 saturated carbocycles. The highest BCUT2D eigenvalue weighted by Gasteiger charge is 2.19. The Balaban J connectivity index is 2.30. The Morgan fingerprint density at radius 2 is 2.31 bits per heavy atom. The van der Waals surface area contributed by atoms with Gasteiger partial charge in [0.2, 0.25) is 0 Å². The lowest BCUT2D eigenvalue weighted by Crippen LogP contribution is -2.20. The third kappa shape index (κ3) is 1.60. The second-order valence-electron chi connectivity index (χ2n) is 2.54. The topological polar surface area (TPSA) is 45.6 Å². The lowest BCUT2D eigenvalue weighted by Gasteiger charge is -2.09. The van der Waals surface area contributed by atoms with Crippen molar-refractivity contribution in [2.24, 2.45) is 5.10 Å². The maximum atomic E-state index is 11.2. The molecule has 0 unspecified atom stereocenters. The van der Waals surface area contributed by atoms with Crippen molar-refractivity contribution in [1.82, 2.24) is 4.98 Å². The molecule has 4 nitrogen and oxygen atoms in total. The quantitative estimate of drug-likeness (QED) is 0.747. The van der Waals surface area contributed by atoms with Gasteiger partial charge in [0.15, 0.2) is 5.82 Å². The fraction of sp³-hybridized carbons (Fsp3) is 0.125. The molecule has 0 spiro atoms. The molecule has 66 valence electrons. The summed E-state index contributed by atoms with van der Waals surface area (Å²) in [6, 6.07) is 3.56. The Bertz CT molecular complexity index is 360. The van der Waals surface area contributed by atoms with Gasteiger partial charge in [0, 0.05) is 16.9 Å². The standard InChI is InChI=1S/C8H6BrN3O/c9-6-1-2-7(10-5-6)12-8(13)3-4-11-12/h1-2,4-5H,3H2. The van der Waals surface area contributed by atoms with E-state index < -0.39 is 0 Å². The van der Waals surface area contributed by atoms with Crippen LogP contribution in [0.25, 0.3) is 0 Å². The van der Waals surface area contributed by atoms with Crippen LogP contribution < -0.4 is 5.01 Å². The maximum absolute atomic E-state index is 11.2. The minimum Gasteiger partial charge on any atom is -0.272 e. The van der Waals surface area contributed by atoms with Crippen LogP contribution in [0.4, 0.5) is 5.82 Å². The van der Waals surface area contributed by atoms with Crippen LogP contribution in [-0.4, -0.2) is 17.1 Å². The lowest BCUT2D eigenvalue weighted by molar-refractivity contribution is -0.116. The summed E-state index contributed by atoms with van der Waals surface area (Å²) in [6.07, 6.45) is 3.57. The summed E-state index contributed by atoms with van der Waals surface area (Å²) >= 11 is 3.26. The monoisotopic (exact) mass is 239 g/mol. The van der Waals surface area contributed by atoms with Gasteiger partial charge in [0.25, 0.3) is 5.91 Å². The zero-order valence-corrected chi connectivity index (χ0v) is 8.23. The number of hydrazone groups is 1. The highest BCUT2D eigenvalue weighted by Crippen LogP contribution is 2.17. The number of hydrogen-bond donors (Lipinski definition) is 0. The molecule has 0 fully saturated rings. The zero-order chi connectivity index (χ0) is 9.26. The molecular weight excluding hydrogens is 234 g/mol. The molecule has 5 heteroatoms. The fourth-order valence-electron chi connectivity index (χ4n) is 1.03. The second kappa shape index (κ2) is 3.26. The summed E-state index contributed by atoms with van der Waals surface area (Å²) < 4.78 is 0.881. The van der Waals surface area contributed by atoms with Crippen LogP contribution in [0, 0.1) is 0 Å². The van der Waals surface area contributed by atoms with Crippen molar-refractivity contribution < 1.29 is 4.79 Å². The van der Waals surface area contributed by atoms with E-state index in [-0.39, 0.29) is 5.91 Å². The van der Waals surface area contributed by atoms with Crippen molar-refractivity contribution >= 4 is 33.9 Å². The number of carbonyl (C=O) groups excluding carboxylic acids is 1. The number of pyridine rings is 1. The molecule has 2 heterocycles. The summed E-state index contributed by atoms with van der Waals surface area (Å²) in [6.45, 7) is 0. The highest BCUT2D eigenvalue weighted by atomic mass is 79.9. The van der Waals surface area contributed by atoms with E-state index in [2.05, 4.69) is 26.0 Å². The van der Waals surface area contributed by atoms with Crippen LogP contribution in [0.15, 0.2) is 27.9 Å². The molecule has 1 aliphatic rings. The number of carbonyl (C=O) groups is 1. The van der Waals surface area contributed by atoms with Gasteiger partial charge in [-0.25, -0.2) is 4.98 Å². The summed E-state index contributed by atoms with van der Waals surface area (Å²) in [4.78, 5) is 15.3. The van der Waals surface area contributed by atoms with Crippen molar-refractivity contribution in [3.63, 3.8) is 0 Å². The van der Waals surface area contributed by atoms with E-state index >= 15 is 0 Å². The third-order valence-corrected chi connectivity index (χ3v) is 2.10. The summed E-state index contributed by atoms with van der Waals surface area (Å²) in [5, 5.41) is 5.20. The smallest absolute Gasteiger partial charge is 0.254 e. The lowest BCUT2D eigenvalue weighted by atomic mass is 10.4. The first-order chi connectivity index (χ1) is 6.27. The van der Waals surface area contributed by atoms with E-state index in [0.29, 0.717) is 12.2 Å². The van der Waals surface area contributed by atoms with Crippen molar-refractivity contribution in [3.05, 3.63) is 22.8 Å². The molecule has 0 saturated heterocycles. The van der Waals surface area contributed by atoms with Gasteiger partial charge in [-0.2, -0.15) is 10.1 Å².